The van der Waals surface area contributed by atoms with Crippen molar-refractivity contribution in [2.45, 2.75) is 6.92 Å². The van der Waals surface area contributed by atoms with Crippen molar-refractivity contribution in [2.75, 3.05) is 5.32 Å². The normalized spacial score (nSPS) is 10.3. The summed E-state index contributed by atoms with van der Waals surface area (Å²) in [6.07, 6.45) is 0. The SMILES string of the molecule is Cc1nc(C(=O)Nc2c(F)cccc2F)cs1. The number of aromatic nitrogens is 1. The Kier molecular flexibility index (Phi) is 3.14. The fraction of sp³-hybridized carbons (Fsp3) is 0.0909. The molecule has 0 aliphatic carbocycles. The molecule has 1 N–H and O–H groups in total. The van der Waals surface area contributed by atoms with Crippen LogP contribution in [0, 0.1) is 18.6 Å². The summed E-state index contributed by atoms with van der Waals surface area (Å²) in [5.74, 6) is -2.26. The molecule has 17 heavy (non-hydrogen) atoms. The zero-order chi connectivity index (χ0) is 12.4. The highest BCUT2D eigenvalue weighted by Crippen LogP contribution is 2.19. The molecular weight excluding hydrogens is 246 g/mol. The minimum Gasteiger partial charge on any atom is -0.316 e. The average Bonchev–Trinajstić information content (AvgIpc) is 2.70. The van der Waals surface area contributed by atoms with Crippen LogP contribution in [0.5, 0.6) is 0 Å². The lowest BCUT2D eigenvalue weighted by Crippen LogP contribution is -2.14. The van der Waals surface area contributed by atoms with Crippen LogP contribution >= 0.6 is 11.3 Å². The van der Waals surface area contributed by atoms with E-state index in [0.717, 1.165) is 12.1 Å². The monoisotopic (exact) mass is 254 g/mol. The molecule has 0 aliphatic rings. The lowest BCUT2D eigenvalue weighted by atomic mass is 10.3. The summed E-state index contributed by atoms with van der Waals surface area (Å²) < 4.78 is 26.5. The molecule has 3 nitrogen and oxygen atoms in total. The average molecular weight is 254 g/mol. The molecule has 0 spiro atoms. The predicted molar refractivity (Wildman–Crippen MR) is 61.2 cm³/mol. The molecule has 1 aromatic carbocycles. The molecule has 0 atom stereocenters. The Bertz CT molecular complexity index is 548. The third-order valence-electron chi connectivity index (χ3n) is 2.05. The number of amides is 1. The number of nitrogens with one attached hydrogen (secondary N) is 1. The third-order valence-corrected chi connectivity index (χ3v) is 2.83. The molecule has 1 amide bonds. The lowest BCUT2D eigenvalue weighted by molar-refractivity contribution is 0.102. The van der Waals surface area contributed by atoms with E-state index in [9.17, 15) is 13.6 Å². The van der Waals surface area contributed by atoms with Crippen LogP contribution in [0.3, 0.4) is 0 Å². The number of nitrogens with zero attached hydrogens (tertiary/aromatic N) is 1. The van der Waals surface area contributed by atoms with Gasteiger partial charge in [-0.25, -0.2) is 13.8 Å². The van der Waals surface area contributed by atoms with Gasteiger partial charge in [0, 0.05) is 5.38 Å². The standard InChI is InChI=1S/C11H8F2N2OS/c1-6-14-9(5-17-6)11(16)15-10-7(12)3-2-4-8(10)13/h2-5H,1H3,(H,15,16). The van der Waals surface area contributed by atoms with Crippen molar-refractivity contribution < 1.29 is 13.6 Å². The summed E-state index contributed by atoms with van der Waals surface area (Å²) in [5, 5.41) is 4.41. The second kappa shape index (κ2) is 4.58. The van der Waals surface area contributed by atoms with Crippen LogP contribution in [0.4, 0.5) is 14.5 Å². The van der Waals surface area contributed by atoms with E-state index in [0.29, 0.717) is 5.01 Å². The van der Waals surface area contributed by atoms with Crippen molar-refractivity contribution >= 4 is 22.9 Å². The van der Waals surface area contributed by atoms with Gasteiger partial charge in [0.15, 0.2) is 0 Å². The van der Waals surface area contributed by atoms with Crippen molar-refractivity contribution in [3.05, 3.63) is 45.9 Å². The second-order valence-electron chi connectivity index (χ2n) is 3.30. The Morgan fingerprint density at radius 2 is 2.00 bits per heavy atom. The van der Waals surface area contributed by atoms with E-state index in [1.807, 2.05) is 0 Å². The van der Waals surface area contributed by atoms with E-state index >= 15 is 0 Å². The van der Waals surface area contributed by atoms with Crippen LogP contribution < -0.4 is 5.32 Å². The second-order valence-corrected chi connectivity index (χ2v) is 4.36. The number of carbonyl (C=O) groups excluding carboxylic acids is 1. The van der Waals surface area contributed by atoms with E-state index < -0.39 is 23.2 Å². The molecule has 0 bridgehead atoms. The fourth-order valence-corrected chi connectivity index (χ4v) is 1.86. The molecule has 0 saturated heterocycles. The first-order valence-corrected chi connectivity index (χ1v) is 5.63. The van der Waals surface area contributed by atoms with Crippen LogP contribution in [0.2, 0.25) is 0 Å². The summed E-state index contributed by atoms with van der Waals surface area (Å²) in [6.45, 7) is 1.74. The largest absolute Gasteiger partial charge is 0.316 e. The fourth-order valence-electron chi connectivity index (χ4n) is 1.26. The van der Waals surface area contributed by atoms with Gasteiger partial charge in [-0.05, 0) is 19.1 Å². The highest BCUT2D eigenvalue weighted by atomic mass is 32.1. The molecular formula is C11H8F2N2OS. The van der Waals surface area contributed by atoms with Crippen LogP contribution in [0.1, 0.15) is 15.5 Å². The van der Waals surface area contributed by atoms with E-state index in [1.165, 1.54) is 22.8 Å². The molecule has 2 aromatic rings. The number of benzene rings is 1. The maximum atomic E-state index is 13.3. The first-order valence-electron chi connectivity index (χ1n) is 4.75. The quantitative estimate of drug-likeness (QED) is 0.895. The Balaban J connectivity index is 2.24. The smallest absolute Gasteiger partial charge is 0.275 e. The maximum Gasteiger partial charge on any atom is 0.275 e. The van der Waals surface area contributed by atoms with E-state index in [4.69, 9.17) is 0 Å². The maximum absolute atomic E-state index is 13.3. The number of halogens is 2. The summed E-state index contributed by atoms with van der Waals surface area (Å²) in [4.78, 5) is 15.6. The topological polar surface area (TPSA) is 42.0 Å². The van der Waals surface area contributed by atoms with E-state index in [1.54, 1.807) is 6.92 Å². The summed E-state index contributed by atoms with van der Waals surface area (Å²) >= 11 is 1.29. The number of hydrogen-bond acceptors (Lipinski definition) is 3. The Morgan fingerprint density at radius 3 is 2.53 bits per heavy atom. The van der Waals surface area contributed by atoms with Gasteiger partial charge in [0.1, 0.15) is 23.0 Å². The molecule has 1 heterocycles. The summed E-state index contributed by atoms with van der Waals surface area (Å²) in [6, 6.07) is 3.38. The number of carbonyl (C=O) groups is 1. The van der Waals surface area contributed by atoms with Crippen molar-refractivity contribution in [3.63, 3.8) is 0 Å². The van der Waals surface area contributed by atoms with Gasteiger partial charge in [0.25, 0.3) is 5.91 Å². The number of para-hydroxylation sites is 1. The van der Waals surface area contributed by atoms with E-state index in [2.05, 4.69) is 10.3 Å². The summed E-state index contributed by atoms with van der Waals surface area (Å²) in [7, 11) is 0. The van der Waals surface area contributed by atoms with Gasteiger partial charge in [-0.3, -0.25) is 4.79 Å². The van der Waals surface area contributed by atoms with E-state index in [-0.39, 0.29) is 5.69 Å². The number of thiazole rings is 1. The highest BCUT2D eigenvalue weighted by molar-refractivity contribution is 7.09. The molecule has 0 unspecified atom stereocenters. The van der Waals surface area contributed by atoms with Crippen LogP contribution in [-0.4, -0.2) is 10.9 Å². The first kappa shape index (κ1) is 11.7. The number of hydrogen-bond donors (Lipinski definition) is 1. The van der Waals surface area contributed by atoms with Gasteiger partial charge < -0.3 is 5.32 Å². The van der Waals surface area contributed by atoms with Gasteiger partial charge in [-0.15, -0.1) is 11.3 Å². The molecule has 1 aromatic heterocycles. The number of aryl methyl sites for hydroxylation is 1. The highest BCUT2D eigenvalue weighted by Gasteiger charge is 2.14. The molecule has 88 valence electrons. The molecule has 0 aliphatic heterocycles. The molecule has 2 rings (SSSR count). The van der Waals surface area contributed by atoms with Crippen molar-refractivity contribution in [1.82, 2.24) is 4.98 Å². The molecule has 0 fully saturated rings. The minimum absolute atomic E-state index is 0.148. The predicted octanol–water partition coefficient (Wildman–Crippen LogP) is 2.98. The summed E-state index contributed by atoms with van der Waals surface area (Å²) in [5.41, 5.74) is -0.307. The molecule has 0 radical (unpaired) electrons. The Morgan fingerprint density at radius 1 is 1.35 bits per heavy atom. The molecule has 6 heteroatoms. The number of anilines is 1. The number of rotatable bonds is 2. The van der Waals surface area contributed by atoms with Gasteiger partial charge in [0.2, 0.25) is 0 Å². The zero-order valence-electron chi connectivity index (χ0n) is 8.83. The lowest BCUT2D eigenvalue weighted by Gasteiger charge is -2.05. The van der Waals surface area contributed by atoms with Crippen LogP contribution in [-0.2, 0) is 0 Å². The third kappa shape index (κ3) is 2.47. The minimum atomic E-state index is -0.815. The van der Waals surface area contributed by atoms with Gasteiger partial charge >= 0.3 is 0 Å². The van der Waals surface area contributed by atoms with Gasteiger partial charge in [-0.1, -0.05) is 6.07 Å². The van der Waals surface area contributed by atoms with Crippen molar-refractivity contribution in [1.29, 1.82) is 0 Å². The van der Waals surface area contributed by atoms with Crippen molar-refractivity contribution in [2.24, 2.45) is 0 Å². The first-order chi connectivity index (χ1) is 8.08. The van der Waals surface area contributed by atoms with Crippen LogP contribution in [0.15, 0.2) is 23.6 Å². The van der Waals surface area contributed by atoms with Crippen LogP contribution in [0.25, 0.3) is 0 Å². The van der Waals surface area contributed by atoms with Crippen molar-refractivity contribution in [3.8, 4) is 0 Å². The van der Waals surface area contributed by atoms with Gasteiger partial charge in [0.05, 0.1) is 5.01 Å². The Hall–Kier alpha value is -1.82. The Labute approximate surface area is 100 Å². The molecule has 0 saturated carbocycles. The van der Waals surface area contributed by atoms with Gasteiger partial charge in [-0.2, -0.15) is 0 Å². The zero-order valence-corrected chi connectivity index (χ0v) is 9.65.